The largest absolute Gasteiger partial charge is 0.389 e. The minimum absolute atomic E-state index is 0.0303. The van der Waals surface area contributed by atoms with E-state index in [2.05, 4.69) is 0 Å². The van der Waals surface area contributed by atoms with Crippen molar-refractivity contribution in [3.63, 3.8) is 0 Å². The summed E-state index contributed by atoms with van der Waals surface area (Å²) >= 11 is 1.53. The Kier molecular flexibility index (Phi) is 5.52. The molecule has 4 heteroatoms. The van der Waals surface area contributed by atoms with Gasteiger partial charge in [-0.25, -0.2) is 0 Å². The van der Waals surface area contributed by atoms with Crippen LogP contribution >= 0.6 is 11.8 Å². The topological polar surface area (TPSA) is 40.5 Å². The number of carbonyl (C=O) groups excluding carboxylic acids is 1. The van der Waals surface area contributed by atoms with E-state index in [-0.39, 0.29) is 11.2 Å². The fraction of sp³-hybridized carbons (Fsp3) is 0.900. The van der Waals surface area contributed by atoms with E-state index in [0.717, 1.165) is 0 Å². The molecule has 0 spiro atoms. The van der Waals surface area contributed by atoms with Crippen LogP contribution in [0.4, 0.5) is 0 Å². The van der Waals surface area contributed by atoms with E-state index in [1.807, 2.05) is 20.1 Å². The van der Waals surface area contributed by atoms with E-state index < -0.39 is 5.60 Å². The van der Waals surface area contributed by atoms with Crippen molar-refractivity contribution >= 4 is 17.7 Å². The molecule has 0 aromatic carbocycles. The number of rotatable bonds is 5. The second-order valence-electron chi connectivity index (χ2n) is 4.04. The molecule has 1 atom stereocenters. The summed E-state index contributed by atoms with van der Waals surface area (Å²) in [5, 5.41) is 9.59. The van der Waals surface area contributed by atoms with Gasteiger partial charge < -0.3 is 10.0 Å². The molecule has 84 valence electrons. The molecule has 0 aromatic heterocycles. The standard InChI is InChI=1S/C10H21NO2S/c1-6-11(7-10(3,4)13)9(12)8(2)14-5/h8,13H,6-7H2,1-5H3. The highest BCUT2D eigenvalue weighted by molar-refractivity contribution is 7.99. The maximum Gasteiger partial charge on any atom is 0.235 e. The Morgan fingerprint density at radius 1 is 1.57 bits per heavy atom. The smallest absolute Gasteiger partial charge is 0.235 e. The zero-order valence-corrected chi connectivity index (χ0v) is 10.5. The average Bonchev–Trinajstić information content (AvgIpc) is 2.10. The molecule has 0 rings (SSSR count). The number of nitrogens with zero attached hydrogens (tertiary/aromatic N) is 1. The Labute approximate surface area is 90.9 Å². The van der Waals surface area contributed by atoms with E-state index in [0.29, 0.717) is 13.1 Å². The molecule has 0 aliphatic carbocycles. The van der Waals surface area contributed by atoms with E-state index in [1.165, 1.54) is 11.8 Å². The van der Waals surface area contributed by atoms with E-state index in [1.54, 1.807) is 18.7 Å². The predicted octanol–water partition coefficient (Wildman–Crippen LogP) is 1.36. The molecule has 0 aliphatic heterocycles. The first-order valence-electron chi connectivity index (χ1n) is 4.85. The van der Waals surface area contributed by atoms with Gasteiger partial charge in [0.2, 0.25) is 5.91 Å². The summed E-state index contributed by atoms with van der Waals surface area (Å²) in [6.07, 6.45) is 1.92. The molecule has 1 unspecified atom stereocenters. The molecule has 1 N–H and O–H groups in total. The maximum absolute atomic E-state index is 11.8. The SMILES string of the molecule is CCN(CC(C)(C)O)C(=O)C(C)SC. The van der Waals surface area contributed by atoms with Gasteiger partial charge in [0.05, 0.1) is 10.9 Å². The predicted molar refractivity (Wildman–Crippen MR) is 61.5 cm³/mol. The summed E-state index contributed by atoms with van der Waals surface area (Å²) in [6.45, 7) is 8.29. The van der Waals surface area contributed by atoms with Gasteiger partial charge in [0.25, 0.3) is 0 Å². The Morgan fingerprint density at radius 2 is 2.07 bits per heavy atom. The van der Waals surface area contributed by atoms with Crippen molar-refractivity contribution in [1.82, 2.24) is 4.90 Å². The van der Waals surface area contributed by atoms with Gasteiger partial charge in [-0.3, -0.25) is 4.79 Å². The first-order valence-corrected chi connectivity index (χ1v) is 6.14. The summed E-state index contributed by atoms with van der Waals surface area (Å²) in [6, 6.07) is 0. The van der Waals surface area contributed by atoms with Gasteiger partial charge in [-0.05, 0) is 34.0 Å². The lowest BCUT2D eigenvalue weighted by Crippen LogP contribution is -2.44. The average molecular weight is 219 g/mol. The lowest BCUT2D eigenvalue weighted by Gasteiger charge is -2.29. The highest BCUT2D eigenvalue weighted by Gasteiger charge is 2.24. The summed E-state index contributed by atoms with van der Waals surface area (Å²) in [4.78, 5) is 13.5. The number of hydrogen-bond acceptors (Lipinski definition) is 3. The Hall–Kier alpha value is -0.220. The van der Waals surface area contributed by atoms with Gasteiger partial charge in [-0.1, -0.05) is 0 Å². The minimum atomic E-state index is -0.816. The fourth-order valence-corrected chi connectivity index (χ4v) is 1.52. The lowest BCUT2D eigenvalue weighted by atomic mass is 10.1. The van der Waals surface area contributed by atoms with Crippen LogP contribution in [0.2, 0.25) is 0 Å². The van der Waals surface area contributed by atoms with Crippen LogP contribution in [0.15, 0.2) is 0 Å². The first kappa shape index (κ1) is 13.8. The van der Waals surface area contributed by atoms with Gasteiger partial charge in [-0.15, -0.1) is 0 Å². The van der Waals surface area contributed by atoms with Crippen LogP contribution in [0.3, 0.4) is 0 Å². The van der Waals surface area contributed by atoms with Gasteiger partial charge in [-0.2, -0.15) is 11.8 Å². The minimum Gasteiger partial charge on any atom is -0.389 e. The van der Waals surface area contributed by atoms with Crippen LogP contribution in [-0.4, -0.2) is 46.1 Å². The molecule has 0 radical (unpaired) electrons. The fourth-order valence-electron chi connectivity index (χ4n) is 1.17. The highest BCUT2D eigenvalue weighted by Crippen LogP contribution is 2.12. The summed E-state index contributed by atoms with van der Waals surface area (Å²) in [7, 11) is 0. The molecule has 1 amide bonds. The van der Waals surface area contributed by atoms with Crippen LogP contribution in [0.1, 0.15) is 27.7 Å². The Balaban J connectivity index is 4.34. The molecule has 3 nitrogen and oxygen atoms in total. The Bertz CT molecular complexity index is 189. The van der Waals surface area contributed by atoms with Gasteiger partial charge in [0.15, 0.2) is 0 Å². The molecule has 14 heavy (non-hydrogen) atoms. The summed E-state index contributed by atoms with van der Waals surface area (Å²) < 4.78 is 0. The molecule has 0 fully saturated rings. The third-order valence-corrected chi connectivity index (χ3v) is 2.88. The molecule has 0 saturated heterocycles. The zero-order valence-electron chi connectivity index (χ0n) is 9.70. The van der Waals surface area contributed by atoms with Crippen molar-refractivity contribution in [2.45, 2.75) is 38.5 Å². The van der Waals surface area contributed by atoms with Gasteiger partial charge in [0.1, 0.15) is 0 Å². The van der Waals surface area contributed by atoms with E-state index in [4.69, 9.17) is 0 Å². The number of hydrogen-bond donors (Lipinski definition) is 1. The lowest BCUT2D eigenvalue weighted by molar-refractivity contribution is -0.133. The molecule has 0 aliphatic rings. The number of likely N-dealkylation sites (N-methyl/N-ethyl adjacent to an activating group) is 1. The third-order valence-electron chi connectivity index (χ3n) is 1.97. The normalized spacial score (nSPS) is 13.9. The molecular formula is C10H21NO2S. The van der Waals surface area contributed by atoms with Crippen molar-refractivity contribution in [1.29, 1.82) is 0 Å². The molecule has 0 aromatic rings. The van der Waals surface area contributed by atoms with Crippen LogP contribution in [-0.2, 0) is 4.79 Å². The molecular weight excluding hydrogens is 198 g/mol. The quantitative estimate of drug-likeness (QED) is 0.759. The zero-order chi connectivity index (χ0) is 11.4. The molecule has 0 bridgehead atoms. The summed E-state index contributed by atoms with van der Waals surface area (Å²) in [5.41, 5.74) is -0.816. The van der Waals surface area contributed by atoms with Crippen molar-refractivity contribution < 1.29 is 9.90 Å². The monoisotopic (exact) mass is 219 g/mol. The van der Waals surface area contributed by atoms with Crippen LogP contribution < -0.4 is 0 Å². The first-order chi connectivity index (χ1) is 6.31. The second-order valence-corrected chi connectivity index (χ2v) is 5.22. The molecule has 0 heterocycles. The van der Waals surface area contributed by atoms with Crippen molar-refractivity contribution in [2.24, 2.45) is 0 Å². The van der Waals surface area contributed by atoms with Crippen molar-refractivity contribution in [3.8, 4) is 0 Å². The maximum atomic E-state index is 11.8. The van der Waals surface area contributed by atoms with Gasteiger partial charge >= 0.3 is 0 Å². The van der Waals surface area contributed by atoms with E-state index >= 15 is 0 Å². The van der Waals surface area contributed by atoms with Crippen LogP contribution in [0.25, 0.3) is 0 Å². The highest BCUT2D eigenvalue weighted by atomic mass is 32.2. The summed E-state index contributed by atoms with van der Waals surface area (Å²) in [5.74, 6) is 0.0992. The number of aliphatic hydroxyl groups is 1. The number of amides is 1. The van der Waals surface area contributed by atoms with Crippen LogP contribution in [0, 0.1) is 0 Å². The van der Waals surface area contributed by atoms with Gasteiger partial charge in [0, 0.05) is 13.1 Å². The second kappa shape index (κ2) is 5.61. The number of thioether (sulfide) groups is 1. The third kappa shape index (κ3) is 4.86. The van der Waals surface area contributed by atoms with Crippen LogP contribution in [0.5, 0.6) is 0 Å². The van der Waals surface area contributed by atoms with Crippen molar-refractivity contribution in [2.75, 3.05) is 19.3 Å². The number of carbonyl (C=O) groups is 1. The Morgan fingerprint density at radius 3 is 2.36 bits per heavy atom. The van der Waals surface area contributed by atoms with Crippen molar-refractivity contribution in [3.05, 3.63) is 0 Å². The van der Waals surface area contributed by atoms with E-state index in [9.17, 15) is 9.90 Å². The molecule has 0 saturated carbocycles.